The Morgan fingerprint density at radius 1 is 1.05 bits per heavy atom. The average molecular weight is 315 g/mol. The number of hydrogen-bond donors (Lipinski definition) is 1. The molecule has 0 aliphatic heterocycles. The van der Waals surface area contributed by atoms with Crippen LogP contribution in [0, 0.1) is 0 Å². The standard InChI is InChI=1S/C15H16F3NOS/c16-15(17,18)14(20)11-19(10-13-7-4-8-21-13)9-12-5-2-1-3-6-12/h1-8,14,20H,9-11H2. The van der Waals surface area contributed by atoms with Crippen LogP contribution in [0.2, 0.25) is 0 Å². The van der Waals surface area contributed by atoms with Gasteiger partial charge in [0.25, 0.3) is 0 Å². The van der Waals surface area contributed by atoms with Gasteiger partial charge in [-0.25, -0.2) is 0 Å². The van der Waals surface area contributed by atoms with E-state index >= 15 is 0 Å². The molecular formula is C15H16F3NOS. The zero-order valence-electron chi connectivity index (χ0n) is 11.3. The first-order valence-electron chi connectivity index (χ1n) is 6.48. The zero-order valence-corrected chi connectivity index (χ0v) is 12.1. The molecule has 1 unspecified atom stereocenters. The molecule has 0 aliphatic rings. The number of halogens is 3. The van der Waals surface area contributed by atoms with Crippen LogP contribution in [0.4, 0.5) is 13.2 Å². The van der Waals surface area contributed by atoms with E-state index in [4.69, 9.17) is 0 Å². The molecule has 2 rings (SSSR count). The predicted octanol–water partition coefficient (Wildman–Crippen LogP) is 3.67. The molecule has 2 aromatic rings. The normalized spacial score (nSPS) is 13.6. The number of nitrogens with zero attached hydrogens (tertiary/aromatic N) is 1. The molecule has 0 bridgehead atoms. The molecule has 0 saturated heterocycles. The Bertz CT molecular complexity index is 528. The number of alkyl halides is 3. The summed E-state index contributed by atoms with van der Waals surface area (Å²) in [6.07, 6.45) is -6.93. The van der Waals surface area contributed by atoms with Gasteiger partial charge >= 0.3 is 6.18 Å². The molecule has 0 amide bonds. The first-order valence-corrected chi connectivity index (χ1v) is 7.36. The second-order valence-electron chi connectivity index (χ2n) is 4.79. The van der Waals surface area contributed by atoms with Crippen LogP contribution in [-0.4, -0.2) is 28.8 Å². The zero-order chi connectivity index (χ0) is 15.3. The van der Waals surface area contributed by atoms with Gasteiger partial charge in [0, 0.05) is 24.5 Å². The second kappa shape index (κ2) is 7.06. The topological polar surface area (TPSA) is 23.5 Å². The highest BCUT2D eigenvalue weighted by Gasteiger charge is 2.39. The lowest BCUT2D eigenvalue weighted by molar-refractivity contribution is -0.208. The van der Waals surface area contributed by atoms with Gasteiger partial charge in [0.1, 0.15) is 0 Å². The summed E-state index contributed by atoms with van der Waals surface area (Å²) in [4.78, 5) is 2.58. The number of thiophene rings is 1. The quantitative estimate of drug-likeness (QED) is 0.879. The number of benzene rings is 1. The Labute approximate surface area is 125 Å². The first kappa shape index (κ1) is 16.0. The lowest BCUT2D eigenvalue weighted by Gasteiger charge is -2.25. The van der Waals surface area contributed by atoms with E-state index in [1.165, 1.54) is 11.3 Å². The van der Waals surface area contributed by atoms with Crippen molar-refractivity contribution in [3.63, 3.8) is 0 Å². The summed E-state index contributed by atoms with van der Waals surface area (Å²) in [5, 5.41) is 11.2. The van der Waals surface area contributed by atoms with Gasteiger partial charge in [0.15, 0.2) is 6.10 Å². The summed E-state index contributed by atoms with van der Waals surface area (Å²) in [7, 11) is 0. The van der Waals surface area contributed by atoms with Gasteiger partial charge in [-0.1, -0.05) is 36.4 Å². The maximum absolute atomic E-state index is 12.6. The van der Waals surface area contributed by atoms with E-state index in [1.807, 2.05) is 47.8 Å². The van der Waals surface area contributed by atoms with Crippen LogP contribution < -0.4 is 0 Å². The van der Waals surface area contributed by atoms with Crippen LogP contribution in [0.5, 0.6) is 0 Å². The van der Waals surface area contributed by atoms with Crippen LogP contribution in [0.3, 0.4) is 0 Å². The fraction of sp³-hybridized carbons (Fsp3) is 0.333. The minimum absolute atomic E-state index is 0.367. The van der Waals surface area contributed by atoms with Crippen molar-refractivity contribution in [3.05, 3.63) is 58.3 Å². The van der Waals surface area contributed by atoms with Crippen LogP contribution in [0.15, 0.2) is 47.8 Å². The maximum Gasteiger partial charge on any atom is 0.415 e. The van der Waals surface area contributed by atoms with E-state index in [1.54, 1.807) is 4.90 Å². The van der Waals surface area contributed by atoms with E-state index < -0.39 is 18.8 Å². The van der Waals surface area contributed by atoms with Crippen molar-refractivity contribution in [2.24, 2.45) is 0 Å². The highest BCUT2D eigenvalue weighted by atomic mass is 32.1. The fourth-order valence-electron chi connectivity index (χ4n) is 2.00. The van der Waals surface area contributed by atoms with Gasteiger partial charge in [-0.05, 0) is 17.0 Å². The molecule has 0 aliphatic carbocycles. The van der Waals surface area contributed by atoms with Crippen molar-refractivity contribution < 1.29 is 18.3 Å². The van der Waals surface area contributed by atoms with E-state index in [2.05, 4.69) is 0 Å². The van der Waals surface area contributed by atoms with E-state index in [0.29, 0.717) is 13.1 Å². The van der Waals surface area contributed by atoms with E-state index in [-0.39, 0.29) is 0 Å². The van der Waals surface area contributed by atoms with Crippen LogP contribution in [0.25, 0.3) is 0 Å². The molecule has 114 valence electrons. The van der Waals surface area contributed by atoms with Gasteiger partial charge in [0.2, 0.25) is 0 Å². The lowest BCUT2D eigenvalue weighted by atomic mass is 10.2. The summed E-state index contributed by atoms with van der Waals surface area (Å²) in [5.74, 6) is 0. The Morgan fingerprint density at radius 3 is 2.33 bits per heavy atom. The molecule has 6 heteroatoms. The molecule has 1 N–H and O–H groups in total. The molecular weight excluding hydrogens is 299 g/mol. The van der Waals surface area contributed by atoms with Gasteiger partial charge in [0.05, 0.1) is 0 Å². The summed E-state index contributed by atoms with van der Waals surface area (Å²) in [6, 6.07) is 13.0. The molecule has 1 atom stereocenters. The first-order chi connectivity index (χ1) is 9.95. The number of hydrogen-bond acceptors (Lipinski definition) is 3. The molecule has 1 heterocycles. The Hall–Kier alpha value is -1.37. The molecule has 0 saturated carbocycles. The Balaban J connectivity index is 2.06. The highest BCUT2D eigenvalue weighted by molar-refractivity contribution is 7.09. The van der Waals surface area contributed by atoms with E-state index in [0.717, 1.165) is 10.4 Å². The molecule has 1 aromatic heterocycles. The minimum Gasteiger partial charge on any atom is -0.382 e. The number of aliphatic hydroxyl groups excluding tert-OH is 1. The SMILES string of the molecule is OC(CN(Cc1ccccc1)Cc1cccs1)C(F)(F)F. The third kappa shape index (κ3) is 5.15. The smallest absolute Gasteiger partial charge is 0.382 e. The Morgan fingerprint density at radius 2 is 1.76 bits per heavy atom. The molecule has 0 spiro atoms. The maximum atomic E-state index is 12.6. The van der Waals surface area contributed by atoms with Crippen molar-refractivity contribution in [2.75, 3.05) is 6.54 Å². The second-order valence-corrected chi connectivity index (χ2v) is 5.82. The average Bonchev–Trinajstić information content (AvgIpc) is 2.91. The Kier molecular flexibility index (Phi) is 5.39. The predicted molar refractivity (Wildman–Crippen MR) is 76.9 cm³/mol. The fourth-order valence-corrected chi connectivity index (χ4v) is 2.74. The van der Waals surface area contributed by atoms with Crippen molar-refractivity contribution >= 4 is 11.3 Å². The van der Waals surface area contributed by atoms with Crippen molar-refractivity contribution in [1.29, 1.82) is 0 Å². The van der Waals surface area contributed by atoms with Crippen molar-refractivity contribution in [1.82, 2.24) is 4.90 Å². The summed E-state index contributed by atoms with van der Waals surface area (Å²) < 4.78 is 37.7. The molecule has 0 radical (unpaired) electrons. The lowest BCUT2D eigenvalue weighted by Crippen LogP contribution is -2.40. The van der Waals surface area contributed by atoms with E-state index in [9.17, 15) is 18.3 Å². The van der Waals surface area contributed by atoms with Crippen LogP contribution in [-0.2, 0) is 13.1 Å². The number of aliphatic hydroxyl groups is 1. The monoisotopic (exact) mass is 315 g/mol. The van der Waals surface area contributed by atoms with Crippen molar-refractivity contribution in [3.8, 4) is 0 Å². The molecule has 2 nitrogen and oxygen atoms in total. The summed E-state index contributed by atoms with van der Waals surface area (Å²) in [5.41, 5.74) is 0.920. The number of rotatable bonds is 6. The highest BCUT2D eigenvalue weighted by Crippen LogP contribution is 2.23. The van der Waals surface area contributed by atoms with Gasteiger partial charge in [-0.2, -0.15) is 13.2 Å². The third-order valence-electron chi connectivity index (χ3n) is 3.02. The molecule has 0 fully saturated rings. The van der Waals surface area contributed by atoms with Crippen molar-refractivity contribution in [2.45, 2.75) is 25.4 Å². The van der Waals surface area contributed by atoms with Crippen LogP contribution in [0.1, 0.15) is 10.4 Å². The van der Waals surface area contributed by atoms with Gasteiger partial charge < -0.3 is 5.11 Å². The summed E-state index contributed by atoms with van der Waals surface area (Å²) in [6.45, 7) is 0.321. The molecule has 1 aromatic carbocycles. The molecule has 21 heavy (non-hydrogen) atoms. The largest absolute Gasteiger partial charge is 0.415 e. The summed E-state index contributed by atoms with van der Waals surface area (Å²) >= 11 is 1.49. The third-order valence-corrected chi connectivity index (χ3v) is 3.88. The van der Waals surface area contributed by atoms with Crippen LogP contribution >= 0.6 is 11.3 Å². The minimum atomic E-state index is -4.59. The van der Waals surface area contributed by atoms with Gasteiger partial charge in [-0.15, -0.1) is 11.3 Å². The van der Waals surface area contributed by atoms with Gasteiger partial charge in [-0.3, -0.25) is 4.90 Å².